The summed E-state index contributed by atoms with van der Waals surface area (Å²) in [6.45, 7) is 10.4. The number of para-hydroxylation sites is 1. The van der Waals surface area contributed by atoms with E-state index in [1.807, 2.05) is 36.4 Å². The Balaban J connectivity index is 1.90. The van der Waals surface area contributed by atoms with Crippen molar-refractivity contribution in [1.29, 1.82) is 0 Å². The number of hydrogen-bond donors (Lipinski definition) is 0. The first-order chi connectivity index (χ1) is 12.2. The van der Waals surface area contributed by atoms with E-state index >= 15 is 0 Å². The van der Waals surface area contributed by atoms with Gasteiger partial charge in [-0.15, -0.1) is 17.9 Å². The van der Waals surface area contributed by atoms with Gasteiger partial charge in [0.2, 0.25) is 0 Å². The summed E-state index contributed by atoms with van der Waals surface area (Å²) in [5.74, 6) is -0.00862. The lowest BCUT2D eigenvalue weighted by Crippen LogP contribution is -2.30. The zero-order valence-corrected chi connectivity index (χ0v) is 16.1. The van der Waals surface area contributed by atoms with Crippen molar-refractivity contribution in [2.75, 3.05) is 29.4 Å². The standard InChI is InChI=1S/C19H21N3OS2/c1-4-12-22(14-10-8-7-9-11-14)18(23)16-13-15-17(24-16)20-19(25-15)21(5-2)6-3/h4,7-11,13H,1,5-6,12H2,2-3H3. The summed E-state index contributed by atoms with van der Waals surface area (Å²) < 4.78 is 1.07. The molecule has 0 fully saturated rings. The zero-order valence-electron chi connectivity index (χ0n) is 14.4. The van der Waals surface area contributed by atoms with Crippen LogP contribution in [0, 0.1) is 0 Å². The van der Waals surface area contributed by atoms with Crippen molar-refractivity contribution >= 4 is 48.9 Å². The van der Waals surface area contributed by atoms with Crippen molar-refractivity contribution in [1.82, 2.24) is 4.98 Å². The maximum absolute atomic E-state index is 13.0. The largest absolute Gasteiger partial charge is 0.349 e. The molecule has 0 aliphatic heterocycles. The van der Waals surface area contributed by atoms with E-state index in [2.05, 4.69) is 25.3 Å². The Morgan fingerprint density at radius 2 is 1.92 bits per heavy atom. The van der Waals surface area contributed by atoms with Crippen molar-refractivity contribution < 1.29 is 4.79 Å². The smallest absolute Gasteiger partial charge is 0.268 e. The lowest BCUT2D eigenvalue weighted by Gasteiger charge is -2.20. The van der Waals surface area contributed by atoms with E-state index in [-0.39, 0.29) is 5.91 Å². The maximum atomic E-state index is 13.0. The van der Waals surface area contributed by atoms with E-state index in [9.17, 15) is 4.79 Å². The van der Waals surface area contributed by atoms with Gasteiger partial charge in [0.15, 0.2) is 5.13 Å². The van der Waals surface area contributed by atoms with Crippen molar-refractivity contribution in [2.24, 2.45) is 0 Å². The molecule has 0 aliphatic rings. The van der Waals surface area contributed by atoms with E-state index < -0.39 is 0 Å². The van der Waals surface area contributed by atoms with Gasteiger partial charge < -0.3 is 9.80 Å². The summed E-state index contributed by atoms with van der Waals surface area (Å²) in [4.78, 5) is 23.3. The number of thiazole rings is 1. The SMILES string of the molecule is C=CCN(C(=O)c1cc2sc(N(CC)CC)nc2s1)c1ccccc1. The molecule has 1 aromatic carbocycles. The number of carbonyl (C=O) groups excluding carboxylic acids is 1. The molecule has 130 valence electrons. The number of carbonyl (C=O) groups is 1. The molecule has 0 radical (unpaired) electrons. The highest BCUT2D eigenvalue weighted by molar-refractivity contribution is 7.29. The molecule has 0 N–H and O–H groups in total. The Morgan fingerprint density at radius 1 is 1.20 bits per heavy atom. The Hall–Kier alpha value is -2.18. The van der Waals surface area contributed by atoms with Crippen LogP contribution in [0.3, 0.4) is 0 Å². The van der Waals surface area contributed by atoms with Crippen molar-refractivity contribution in [3.8, 4) is 0 Å². The normalized spacial score (nSPS) is 10.8. The maximum Gasteiger partial charge on any atom is 0.268 e. The summed E-state index contributed by atoms with van der Waals surface area (Å²) in [6.07, 6.45) is 1.75. The van der Waals surface area contributed by atoms with E-state index in [0.29, 0.717) is 11.4 Å². The van der Waals surface area contributed by atoms with Gasteiger partial charge in [-0.2, -0.15) is 0 Å². The third kappa shape index (κ3) is 3.60. The molecule has 6 heteroatoms. The van der Waals surface area contributed by atoms with Crippen LogP contribution in [-0.2, 0) is 0 Å². The third-order valence-electron chi connectivity index (χ3n) is 3.95. The van der Waals surface area contributed by atoms with Crippen LogP contribution in [0.2, 0.25) is 0 Å². The van der Waals surface area contributed by atoms with E-state index in [4.69, 9.17) is 4.98 Å². The molecular weight excluding hydrogens is 350 g/mol. The van der Waals surface area contributed by atoms with E-state index in [0.717, 1.165) is 33.4 Å². The molecule has 0 unspecified atom stereocenters. The Kier molecular flexibility index (Phi) is 5.50. The number of amides is 1. The second kappa shape index (κ2) is 7.80. The van der Waals surface area contributed by atoms with Crippen molar-refractivity contribution in [3.05, 3.63) is 53.9 Å². The van der Waals surface area contributed by atoms with Crippen LogP contribution in [0.4, 0.5) is 10.8 Å². The van der Waals surface area contributed by atoms with Crippen LogP contribution in [0.15, 0.2) is 49.1 Å². The molecule has 1 amide bonds. The number of thiophene rings is 1. The fraction of sp³-hybridized carbons (Fsp3) is 0.263. The van der Waals surface area contributed by atoms with Crippen LogP contribution in [-0.4, -0.2) is 30.5 Å². The van der Waals surface area contributed by atoms with E-state index in [1.54, 1.807) is 22.3 Å². The zero-order chi connectivity index (χ0) is 17.8. The molecule has 2 heterocycles. The third-order valence-corrected chi connectivity index (χ3v) is 6.16. The Labute approximate surface area is 156 Å². The van der Waals surface area contributed by atoms with Gasteiger partial charge in [0, 0.05) is 25.3 Å². The fourth-order valence-electron chi connectivity index (χ4n) is 2.63. The molecule has 3 rings (SSSR count). The molecule has 25 heavy (non-hydrogen) atoms. The molecule has 0 aliphatic carbocycles. The lowest BCUT2D eigenvalue weighted by atomic mass is 10.2. The average Bonchev–Trinajstić information content (AvgIpc) is 3.20. The summed E-state index contributed by atoms with van der Waals surface area (Å²) in [7, 11) is 0. The first-order valence-corrected chi connectivity index (χ1v) is 9.94. The minimum atomic E-state index is -0.00862. The van der Waals surface area contributed by atoms with Gasteiger partial charge in [-0.1, -0.05) is 35.6 Å². The lowest BCUT2D eigenvalue weighted by molar-refractivity contribution is 0.0993. The molecule has 2 aromatic heterocycles. The molecule has 0 saturated heterocycles. The van der Waals surface area contributed by atoms with Gasteiger partial charge in [0.05, 0.1) is 9.58 Å². The summed E-state index contributed by atoms with van der Waals surface area (Å²) in [5, 5.41) is 1.02. The van der Waals surface area contributed by atoms with E-state index in [1.165, 1.54) is 11.3 Å². The Morgan fingerprint density at radius 3 is 2.52 bits per heavy atom. The highest BCUT2D eigenvalue weighted by Crippen LogP contribution is 2.35. The van der Waals surface area contributed by atoms with Gasteiger partial charge in [-0.05, 0) is 32.0 Å². The minimum Gasteiger partial charge on any atom is -0.349 e. The number of benzene rings is 1. The molecule has 0 saturated carbocycles. The molecule has 3 aromatic rings. The average molecular weight is 372 g/mol. The predicted octanol–water partition coefficient (Wildman–Crippen LogP) is 5.04. The van der Waals surface area contributed by atoms with Crippen molar-refractivity contribution in [3.63, 3.8) is 0 Å². The van der Waals surface area contributed by atoms with Gasteiger partial charge in [-0.3, -0.25) is 4.79 Å². The molecule has 0 spiro atoms. The second-order valence-electron chi connectivity index (χ2n) is 5.49. The predicted molar refractivity (Wildman–Crippen MR) is 109 cm³/mol. The number of hydrogen-bond acceptors (Lipinski definition) is 5. The number of aromatic nitrogens is 1. The topological polar surface area (TPSA) is 36.4 Å². The van der Waals surface area contributed by atoms with Crippen LogP contribution in [0.25, 0.3) is 9.53 Å². The van der Waals surface area contributed by atoms with Crippen LogP contribution in [0.1, 0.15) is 23.5 Å². The van der Waals surface area contributed by atoms with Crippen LogP contribution >= 0.6 is 22.7 Å². The summed E-state index contributed by atoms with van der Waals surface area (Å²) in [6, 6.07) is 11.7. The highest BCUT2D eigenvalue weighted by Gasteiger charge is 2.21. The van der Waals surface area contributed by atoms with Gasteiger partial charge >= 0.3 is 0 Å². The summed E-state index contributed by atoms with van der Waals surface area (Å²) in [5.41, 5.74) is 0.876. The first-order valence-electron chi connectivity index (χ1n) is 8.31. The first kappa shape index (κ1) is 17.6. The minimum absolute atomic E-state index is 0.00862. The van der Waals surface area contributed by atoms with Gasteiger partial charge in [-0.25, -0.2) is 4.98 Å². The van der Waals surface area contributed by atoms with Crippen LogP contribution in [0.5, 0.6) is 0 Å². The molecular formula is C19H21N3OS2. The second-order valence-corrected chi connectivity index (χ2v) is 7.53. The number of anilines is 2. The fourth-order valence-corrected chi connectivity index (χ4v) is 4.92. The van der Waals surface area contributed by atoms with Crippen molar-refractivity contribution in [2.45, 2.75) is 13.8 Å². The number of nitrogens with zero attached hydrogens (tertiary/aromatic N) is 3. The molecule has 0 bridgehead atoms. The number of fused-ring (bicyclic) bond motifs is 1. The van der Waals surface area contributed by atoms with Crippen LogP contribution < -0.4 is 9.80 Å². The Bertz CT molecular complexity index is 834. The molecule has 0 atom stereocenters. The monoisotopic (exact) mass is 371 g/mol. The van der Waals surface area contributed by atoms with Gasteiger partial charge in [0.1, 0.15) is 4.83 Å². The van der Waals surface area contributed by atoms with Gasteiger partial charge in [0.25, 0.3) is 5.91 Å². The molecule has 4 nitrogen and oxygen atoms in total. The summed E-state index contributed by atoms with van der Waals surface area (Å²) >= 11 is 3.11. The number of rotatable bonds is 7. The highest BCUT2D eigenvalue weighted by atomic mass is 32.1. The quantitative estimate of drug-likeness (QED) is 0.546.